The predicted molar refractivity (Wildman–Crippen MR) is 114 cm³/mol. The van der Waals surface area contributed by atoms with Crippen molar-refractivity contribution in [1.82, 2.24) is 9.88 Å². The van der Waals surface area contributed by atoms with Crippen LogP contribution in [-0.4, -0.2) is 35.4 Å². The minimum absolute atomic E-state index is 0.0418. The molecule has 0 spiro atoms. The number of anilines is 1. The lowest BCUT2D eigenvalue weighted by molar-refractivity contribution is -0.117. The van der Waals surface area contributed by atoms with E-state index in [-0.39, 0.29) is 5.91 Å². The van der Waals surface area contributed by atoms with Crippen molar-refractivity contribution in [2.45, 2.75) is 12.8 Å². The van der Waals surface area contributed by atoms with Gasteiger partial charge >= 0.3 is 0 Å². The van der Waals surface area contributed by atoms with Gasteiger partial charge < -0.3 is 5.32 Å². The predicted octanol–water partition coefficient (Wildman–Crippen LogP) is 5.10. The van der Waals surface area contributed by atoms with Crippen LogP contribution >= 0.6 is 11.6 Å². The van der Waals surface area contributed by atoms with Crippen LogP contribution < -0.4 is 5.32 Å². The van der Waals surface area contributed by atoms with E-state index in [2.05, 4.69) is 21.3 Å². The highest BCUT2D eigenvalue weighted by atomic mass is 35.5. The maximum Gasteiger partial charge on any atom is 0.238 e. The number of amides is 1. The number of carbonyl (C=O) groups is 1. The first-order chi connectivity index (χ1) is 13.7. The first kappa shape index (κ1) is 18.7. The van der Waals surface area contributed by atoms with Crippen LogP contribution in [0.15, 0.2) is 66.9 Å². The fourth-order valence-corrected chi connectivity index (χ4v) is 3.57. The number of hydrogen-bond donors (Lipinski definition) is 1. The van der Waals surface area contributed by atoms with Crippen LogP contribution in [-0.2, 0) is 4.79 Å². The van der Waals surface area contributed by atoms with Crippen LogP contribution in [0.1, 0.15) is 12.8 Å². The quantitative estimate of drug-likeness (QED) is 0.657. The standard InChI is InChI=1S/C23H22ClN3O/c24-20-8-3-17(4-9-20)19-7-12-22(25-15-19)18-5-10-21(11-6-18)26-23(28)16-27-13-1-2-14-27/h3-12,15H,1-2,13-14,16H2,(H,26,28). The number of likely N-dealkylation sites (tertiary alicyclic amines) is 1. The Labute approximate surface area is 170 Å². The van der Waals surface area contributed by atoms with Crippen molar-refractivity contribution >= 4 is 23.2 Å². The molecule has 3 aromatic rings. The van der Waals surface area contributed by atoms with E-state index in [0.717, 1.165) is 46.2 Å². The summed E-state index contributed by atoms with van der Waals surface area (Å²) < 4.78 is 0. The number of halogens is 1. The molecule has 142 valence electrons. The summed E-state index contributed by atoms with van der Waals surface area (Å²) in [5.41, 5.74) is 4.85. The molecule has 1 aromatic heterocycles. The van der Waals surface area contributed by atoms with Gasteiger partial charge in [0.2, 0.25) is 5.91 Å². The van der Waals surface area contributed by atoms with E-state index in [4.69, 9.17) is 11.6 Å². The molecule has 1 amide bonds. The molecule has 0 atom stereocenters. The Hall–Kier alpha value is -2.69. The van der Waals surface area contributed by atoms with Gasteiger partial charge in [-0.3, -0.25) is 14.7 Å². The zero-order valence-electron chi connectivity index (χ0n) is 15.6. The Morgan fingerprint density at radius 3 is 2.18 bits per heavy atom. The maximum absolute atomic E-state index is 12.1. The summed E-state index contributed by atoms with van der Waals surface area (Å²) >= 11 is 5.95. The molecule has 1 saturated heterocycles. The van der Waals surface area contributed by atoms with Gasteiger partial charge in [0.05, 0.1) is 12.2 Å². The van der Waals surface area contributed by atoms with E-state index in [1.54, 1.807) is 0 Å². The van der Waals surface area contributed by atoms with Gasteiger partial charge in [0.1, 0.15) is 0 Å². The second kappa shape index (κ2) is 8.55. The normalized spacial score (nSPS) is 14.2. The first-order valence-electron chi connectivity index (χ1n) is 9.52. The Bertz CT molecular complexity index is 931. The second-order valence-electron chi connectivity index (χ2n) is 7.05. The lowest BCUT2D eigenvalue weighted by Crippen LogP contribution is -2.30. The third kappa shape index (κ3) is 4.58. The number of nitrogens with one attached hydrogen (secondary N) is 1. The van der Waals surface area contributed by atoms with Gasteiger partial charge in [0.15, 0.2) is 0 Å². The molecular weight excluding hydrogens is 370 g/mol. The van der Waals surface area contributed by atoms with Gasteiger partial charge in [-0.25, -0.2) is 0 Å². The smallest absolute Gasteiger partial charge is 0.238 e. The van der Waals surface area contributed by atoms with Crippen molar-refractivity contribution in [1.29, 1.82) is 0 Å². The molecule has 1 fully saturated rings. The molecule has 5 heteroatoms. The molecule has 0 radical (unpaired) electrons. The van der Waals surface area contributed by atoms with Crippen molar-refractivity contribution in [3.05, 3.63) is 71.9 Å². The van der Waals surface area contributed by atoms with E-state index < -0.39 is 0 Å². The molecule has 28 heavy (non-hydrogen) atoms. The SMILES string of the molecule is O=C(CN1CCCC1)Nc1ccc(-c2ccc(-c3ccc(Cl)cc3)cn2)cc1. The van der Waals surface area contributed by atoms with Gasteiger partial charge in [0.25, 0.3) is 0 Å². The van der Waals surface area contributed by atoms with Crippen LogP contribution in [0.5, 0.6) is 0 Å². The van der Waals surface area contributed by atoms with E-state index in [0.29, 0.717) is 6.54 Å². The van der Waals surface area contributed by atoms with Crippen molar-refractivity contribution in [3.63, 3.8) is 0 Å². The second-order valence-corrected chi connectivity index (χ2v) is 7.48. The van der Waals surface area contributed by atoms with Crippen LogP contribution in [0.3, 0.4) is 0 Å². The minimum atomic E-state index is 0.0418. The van der Waals surface area contributed by atoms with Crippen LogP contribution in [0.2, 0.25) is 5.02 Å². The minimum Gasteiger partial charge on any atom is -0.325 e. The zero-order valence-corrected chi connectivity index (χ0v) is 16.3. The van der Waals surface area contributed by atoms with Crippen molar-refractivity contribution in [3.8, 4) is 22.4 Å². The number of rotatable bonds is 5. The van der Waals surface area contributed by atoms with E-state index in [1.807, 2.05) is 60.8 Å². The molecule has 4 rings (SSSR count). The van der Waals surface area contributed by atoms with Crippen LogP contribution in [0, 0.1) is 0 Å². The summed E-state index contributed by atoms with van der Waals surface area (Å²) in [7, 11) is 0. The number of hydrogen-bond acceptors (Lipinski definition) is 3. The fraction of sp³-hybridized carbons (Fsp3) is 0.217. The highest BCUT2D eigenvalue weighted by Gasteiger charge is 2.15. The molecule has 1 N–H and O–H groups in total. The number of benzene rings is 2. The number of carbonyl (C=O) groups excluding carboxylic acids is 1. The summed E-state index contributed by atoms with van der Waals surface area (Å²) in [6.07, 6.45) is 4.24. The van der Waals surface area contributed by atoms with E-state index in [9.17, 15) is 4.79 Å². The highest BCUT2D eigenvalue weighted by molar-refractivity contribution is 6.30. The van der Waals surface area contributed by atoms with Gasteiger partial charge in [0, 0.05) is 28.0 Å². The molecule has 0 aliphatic carbocycles. The summed E-state index contributed by atoms with van der Waals surface area (Å²) in [6, 6.07) is 19.6. The summed E-state index contributed by atoms with van der Waals surface area (Å²) in [5, 5.41) is 3.69. The zero-order chi connectivity index (χ0) is 19.3. The Kier molecular flexibility index (Phi) is 5.70. The number of pyridine rings is 1. The molecule has 0 unspecified atom stereocenters. The molecular formula is C23H22ClN3O. The number of aromatic nitrogens is 1. The third-order valence-corrected chi connectivity index (χ3v) is 5.22. The fourth-order valence-electron chi connectivity index (χ4n) is 3.45. The topological polar surface area (TPSA) is 45.2 Å². The maximum atomic E-state index is 12.1. The Morgan fingerprint density at radius 2 is 1.54 bits per heavy atom. The molecule has 2 heterocycles. The molecule has 1 aliphatic heterocycles. The summed E-state index contributed by atoms with van der Waals surface area (Å²) in [5.74, 6) is 0.0418. The highest BCUT2D eigenvalue weighted by Crippen LogP contribution is 2.24. The van der Waals surface area contributed by atoms with Crippen LogP contribution in [0.4, 0.5) is 5.69 Å². The van der Waals surface area contributed by atoms with Gasteiger partial charge in [-0.05, 0) is 61.8 Å². The van der Waals surface area contributed by atoms with Crippen LogP contribution in [0.25, 0.3) is 22.4 Å². The Balaban J connectivity index is 1.40. The lowest BCUT2D eigenvalue weighted by atomic mass is 10.1. The van der Waals surface area contributed by atoms with Crippen molar-refractivity contribution in [2.24, 2.45) is 0 Å². The van der Waals surface area contributed by atoms with E-state index in [1.165, 1.54) is 12.8 Å². The Morgan fingerprint density at radius 1 is 0.893 bits per heavy atom. The monoisotopic (exact) mass is 391 g/mol. The summed E-state index contributed by atoms with van der Waals surface area (Å²) in [4.78, 5) is 18.9. The van der Waals surface area contributed by atoms with Gasteiger partial charge in [-0.1, -0.05) is 41.9 Å². The van der Waals surface area contributed by atoms with Gasteiger partial charge in [-0.15, -0.1) is 0 Å². The van der Waals surface area contributed by atoms with E-state index >= 15 is 0 Å². The van der Waals surface area contributed by atoms with Crippen molar-refractivity contribution in [2.75, 3.05) is 25.0 Å². The lowest BCUT2D eigenvalue weighted by Gasteiger charge is -2.14. The largest absolute Gasteiger partial charge is 0.325 e. The third-order valence-electron chi connectivity index (χ3n) is 4.97. The molecule has 2 aromatic carbocycles. The first-order valence-corrected chi connectivity index (χ1v) is 9.90. The molecule has 1 aliphatic rings. The average molecular weight is 392 g/mol. The average Bonchev–Trinajstić information content (AvgIpc) is 3.22. The molecule has 4 nitrogen and oxygen atoms in total. The summed E-state index contributed by atoms with van der Waals surface area (Å²) in [6.45, 7) is 2.50. The number of nitrogens with zero attached hydrogens (tertiary/aromatic N) is 2. The van der Waals surface area contributed by atoms with Crippen molar-refractivity contribution < 1.29 is 4.79 Å². The molecule has 0 bridgehead atoms. The van der Waals surface area contributed by atoms with Gasteiger partial charge in [-0.2, -0.15) is 0 Å². The molecule has 0 saturated carbocycles.